The van der Waals surface area contributed by atoms with Gasteiger partial charge in [0.2, 0.25) is 0 Å². The van der Waals surface area contributed by atoms with Crippen molar-refractivity contribution in [3.63, 3.8) is 0 Å². The second kappa shape index (κ2) is 7.95. The van der Waals surface area contributed by atoms with Crippen LogP contribution in [0.5, 0.6) is 5.75 Å². The number of carbonyl (C=O) groups is 3. The zero-order chi connectivity index (χ0) is 24.0. The van der Waals surface area contributed by atoms with Crippen LogP contribution in [0, 0.1) is 0 Å². The van der Waals surface area contributed by atoms with Crippen molar-refractivity contribution >= 4 is 34.6 Å². The molecule has 1 fully saturated rings. The minimum Gasteiger partial charge on any atom is -0.497 e. The number of hydrogen-bond donors (Lipinski definition) is 2. The third kappa shape index (κ3) is 3.37. The van der Waals surface area contributed by atoms with Crippen molar-refractivity contribution in [2.75, 3.05) is 20.3 Å². The van der Waals surface area contributed by atoms with Crippen molar-refractivity contribution < 1.29 is 28.3 Å². The number of nitrogens with one attached hydrogen (secondary N) is 2. The Morgan fingerprint density at radius 3 is 2.74 bits per heavy atom. The van der Waals surface area contributed by atoms with E-state index >= 15 is 0 Å². The van der Waals surface area contributed by atoms with Crippen molar-refractivity contribution in [3.8, 4) is 5.75 Å². The number of hydrogen-bond acceptors (Lipinski definition) is 7. The van der Waals surface area contributed by atoms with Crippen LogP contribution in [-0.4, -0.2) is 43.1 Å². The highest BCUT2D eigenvalue weighted by Crippen LogP contribution is 2.38. The summed E-state index contributed by atoms with van der Waals surface area (Å²) in [5.41, 5.74) is 1.93. The summed E-state index contributed by atoms with van der Waals surface area (Å²) in [4.78, 5) is 39.4. The number of methoxy groups -OCH3 is 1. The Bertz CT molecular complexity index is 1360. The Balaban J connectivity index is 1.52. The maximum absolute atomic E-state index is 13.1. The van der Waals surface area contributed by atoms with Gasteiger partial charge in [0.05, 0.1) is 25.8 Å². The first kappa shape index (κ1) is 21.6. The van der Waals surface area contributed by atoms with Gasteiger partial charge in [0.1, 0.15) is 17.1 Å². The molecule has 2 aliphatic rings. The molecule has 0 spiro atoms. The molecular weight excluding hydrogens is 438 g/mol. The summed E-state index contributed by atoms with van der Waals surface area (Å²) in [6, 6.07) is 11.7. The van der Waals surface area contributed by atoms with Crippen LogP contribution in [0.15, 0.2) is 53.5 Å². The number of furan rings is 1. The van der Waals surface area contributed by atoms with Gasteiger partial charge in [0.25, 0.3) is 5.91 Å². The molecule has 34 heavy (non-hydrogen) atoms. The molecule has 9 nitrogen and oxygen atoms in total. The number of fused-ring (bicyclic) bond motifs is 2. The van der Waals surface area contributed by atoms with Crippen LogP contribution in [0.25, 0.3) is 16.7 Å². The zero-order valence-electron chi connectivity index (χ0n) is 18.8. The van der Waals surface area contributed by atoms with Crippen LogP contribution >= 0.6 is 0 Å². The number of benzene rings is 2. The molecule has 0 unspecified atom stereocenters. The Kier molecular flexibility index (Phi) is 5.04. The van der Waals surface area contributed by atoms with Gasteiger partial charge in [-0.2, -0.15) is 0 Å². The lowest BCUT2D eigenvalue weighted by Gasteiger charge is -2.30. The first-order valence-electron chi connectivity index (χ1n) is 10.8. The van der Waals surface area contributed by atoms with Crippen LogP contribution in [0.3, 0.4) is 0 Å². The summed E-state index contributed by atoms with van der Waals surface area (Å²) in [5, 5.41) is 5.77. The predicted molar refractivity (Wildman–Crippen MR) is 123 cm³/mol. The molecule has 0 aliphatic carbocycles. The topological polar surface area (TPSA) is 110 Å². The maximum atomic E-state index is 13.1. The second-order valence-corrected chi connectivity index (χ2v) is 8.22. The van der Waals surface area contributed by atoms with E-state index < -0.39 is 23.4 Å². The van der Waals surface area contributed by atoms with E-state index in [1.54, 1.807) is 38.3 Å². The SMILES string of the molecule is C=C1c2cc(OC)ccc2CN1C[C@@]1(c2cc3ccc(C(=O)OCC)cc3o2)NC(=O)NC1=O. The number of carbonyl (C=O) groups excluding carboxylic acids is 3. The van der Waals surface area contributed by atoms with E-state index in [4.69, 9.17) is 13.9 Å². The van der Waals surface area contributed by atoms with Crippen molar-refractivity contribution in [1.82, 2.24) is 15.5 Å². The van der Waals surface area contributed by atoms with Crippen LogP contribution < -0.4 is 15.4 Å². The van der Waals surface area contributed by atoms with E-state index in [1.807, 2.05) is 23.1 Å². The number of urea groups is 1. The molecule has 2 aromatic carbocycles. The van der Waals surface area contributed by atoms with E-state index in [9.17, 15) is 14.4 Å². The third-order valence-corrected chi connectivity index (χ3v) is 6.19. The van der Waals surface area contributed by atoms with Gasteiger partial charge in [-0.25, -0.2) is 9.59 Å². The Hall–Kier alpha value is -4.27. The molecule has 3 aromatic rings. The fourth-order valence-electron chi connectivity index (χ4n) is 4.44. The van der Waals surface area contributed by atoms with Crippen LogP contribution in [0.4, 0.5) is 4.79 Å². The molecule has 9 heteroatoms. The normalized spacial score (nSPS) is 19.2. The summed E-state index contributed by atoms with van der Waals surface area (Å²) in [7, 11) is 1.60. The van der Waals surface area contributed by atoms with Gasteiger partial charge in [-0.05, 0) is 42.8 Å². The Morgan fingerprint density at radius 2 is 2.03 bits per heavy atom. The van der Waals surface area contributed by atoms with E-state index in [2.05, 4.69) is 17.2 Å². The van der Waals surface area contributed by atoms with E-state index in [0.717, 1.165) is 11.1 Å². The Labute approximate surface area is 195 Å². The average Bonchev–Trinajstić information content (AvgIpc) is 3.47. The smallest absolute Gasteiger partial charge is 0.338 e. The van der Waals surface area contributed by atoms with Gasteiger partial charge in [-0.3, -0.25) is 10.1 Å². The van der Waals surface area contributed by atoms with Crippen molar-refractivity contribution in [3.05, 3.63) is 71.5 Å². The summed E-state index contributed by atoms with van der Waals surface area (Å²) < 4.78 is 16.4. The molecule has 0 bridgehead atoms. The molecule has 3 amide bonds. The minimum absolute atomic E-state index is 0.102. The third-order valence-electron chi connectivity index (χ3n) is 6.19. The van der Waals surface area contributed by atoms with E-state index in [0.29, 0.717) is 34.5 Å². The number of ether oxygens (including phenoxy) is 2. The minimum atomic E-state index is -1.48. The lowest BCUT2D eigenvalue weighted by molar-refractivity contribution is -0.125. The summed E-state index contributed by atoms with van der Waals surface area (Å²) in [6.07, 6.45) is 0. The highest BCUT2D eigenvalue weighted by atomic mass is 16.5. The van der Waals surface area contributed by atoms with Crippen LogP contribution in [0.1, 0.15) is 34.2 Å². The number of imide groups is 1. The van der Waals surface area contributed by atoms with Crippen LogP contribution in [0.2, 0.25) is 0 Å². The van der Waals surface area contributed by atoms with Gasteiger partial charge >= 0.3 is 12.0 Å². The summed E-state index contributed by atoms with van der Waals surface area (Å²) in [5.74, 6) is -0.0275. The predicted octanol–water partition coefficient (Wildman–Crippen LogP) is 3.14. The first-order valence-corrected chi connectivity index (χ1v) is 10.8. The average molecular weight is 461 g/mol. The zero-order valence-corrected chi connectivity index (χ0v) is 18.8. The molecule has 2 N–H and O–H groups in total. The molecule has 2 aliphatic heterocycles. The number of nitrogens with zero attached hydrogens (tertiary/aromatic N) is 1. The van der Waals surface area contributed by atoms with Gasteiger partial charge < -0.3 is 24.1 Å². The lowest BCUT2D eigenvalue weighted by Crippen LogP contribution is -2.51. The van der Waals surface area contributed by atoms with Crippen molar-refractivity contribution in [2.45, 2.75) is 19.0 Å². The van der Waals surface area contributed by atoms with Gasteiger partial charge in [0.15, 0.2) is 5.54 Å². The van der Waals surface area contributed by atoms with Crippen molar-refractivity contribution in [1.29, 1.82) is 0 Å². The molecule has 174 valence electrons. The van der Waals surface area contributed by atoms with Gasteiger partial charge in [-0.1, -0.05) is 18.7 Å². The van der Waals surface area contributed by atoms with Crippen LogP contribution in [-0.2, 0) is 21.6 Å². The molecule has 1 saturated heterocycles. The summed E-state index contributed by atoms with van der Waals surface area (Å²) in [6.45, 7) is 6.79. The first-order chi connectivity index (χ1) is 16.3. The Morgan fingerprint density at radius 1 is 1.21 bits per heavy atom. The second-order valence-electron chi connectivity index (χ2n) is 8.22. The maximum Gasteiger partial charge on any atom is 0.338 e. The van der Waals surface area contributed by atoms with E-state index in [1.165, 1.54) is 0 Å². The molecule has 0 radical (unpaired) electrons. The quantitative estimate of drug-likeness (QED) is 0.429. The number of esters is 1. The standard InChI is InChI=1S/C25H23N3O6/c1-4-33-22(29)16-6-5-15-10-21(34-20(15)9-16)25(23(30)26-24(31)27-25)13-28-12-17-7-8-18(32-3)11-19(17)14(28)2/h5-11H,2,4,12-13H2,1,3H3,(H2,26,27,30,31)/t25-/m0/s1. The molecular formula is C25H23N3O6. The monoisotopic (exact) mass is 461 g/mol. The molecule has 1 atom stereocenters. The highest BCUT2D eigenvalue weighted by Gasteiger charge is 2.52. The number of rotatable bonds is 6. The van der Waals surface area contributed by atoms with Gasteiger partial charge in [-0.15, -0.1) is 0 Å². The molecule has 3 heterocycles. The molecule has 5 rings (SSSR count). The lowest BCUT2D eigenvalue weighted by atomic mass is 9.95. The highest BCUT2D eigenvalue weighted by molar-refractivity contribution is 6.08. The molecule has 1 aromatic heterocycles. The van der Waals surface area contributed by atoms with Crippen molar-refractivity contribution in [2.24, 2.45) is 0 Å². The largest absolute Gasteiger partial charge is 0.497 e. The number of amides is 3. The summed E-state index contributed by atoms with van der Waals surface area (Å²) >= 11 is 0. The fraction of sp³-hybridized carbons (Fsp3) is 0.240. The fourth-order valence-corrected chi connectivity index (χ4v) is 4.44. The van der Waals surface area contributed by atoms with Gasteiger partial charge in [0, 0.05) is 23.2 Å². The van der Waals surface area contributed by atoms with E-state index in [-0.39, 0.29) is 18.9 Å². The molecule has 0 saturated carbocycles.